The lowest BCUT2D eigenvalue weighted by Gasteiger charge is -2.46. The fraction of sp³-hybridized carbons (Fsp3) is 0.609. The molecule has 0 aromatic rings. The number of unbranched alkanes of at least 4 members (excludes halogenated alkanes) is 6. The topological polar surface area (TPSA) is 228 Å². The summed E-state index contributed by atoms with van der Waals surface area (Å²) in [5, 5.41) is 86.1. The van der Waals surface area contributed by atoms with Crippen LogP contribution >= 0.6 is 0 Å². The van der Waals surface area contributed by atoms with E-state index in [1.807, 2.05) is 6.92 Å². The number of ether oxygens (including phenoxy) is 4. The molecule has 78 heavy (non-hydrogen) atoms. The Morgan fingerprint density at radius 2 is 0.885 bits per heavy atom. The molecule has 0 spiro atoms. The Balaban J connectivity index is 1.54. The minimum Gasteiger partial charge on any atom is -0.394 e. The minimum atomic E-state index is -1.79. The van der Waals surface area contributed by atoms with Crippen molar-refractivity contribution in [2.45, 2.75) is 229 Å². The van der Waals surface area contributed by atoms with Crippen LogP contribution in [0.1, 0.15) is 155 Å². The molecular weight excluding hydrogens is 991 g/mol. The van der Waals surface area contributed by atoms with Crippen molar-refractivity contribution in [3.05, 3.63) is 146 Å². The third-order valence-electron chi connectivity index (χ3n) is 13.1. The molecule has 0 radical (unpaired) electrons. The fourth-order valence-corrected chi connectivity index (χ4v) is 8.39. The van der Waals surface area contributed by atoms with Crippen LogP contribution in [0.2, 0.25) is 0 Å². The number of allylic oxidation sites excluding steroid dienone is 24. The van der Waals surface area contributed by atoms with Gasteiger partial charge in [-0.15, -0.1) is 0 Å². The van der Waals surface area contributed by atoms with Crippen LogP contribution in [0.25, 0.3) is 0 Å². The van der Waals surface area contributed by atoms with Crippen LogP contribution in [0, 0.1) is 0 Å². The van der Waals surface area contributed by atoms with Crippen LogP contribution in [-0.4, -0.2) is 140 Å². The van der Waals surface area contributed by atoms with Crippen molar-refractivity contribution in [2.24, 2.45) is 0 Å². The zero-order valence-corrected chi connectivity index (χ0v) is 47.1. The molecule has 2 aliphatic heterocycles. The van der Waals surface area contributed by atoms with Crippen LogP contribution in [0.4, 0.5) is 0 Å². The first-order valence-corrected chi connectivity index (χ1v) is 29.1. The first-order valence-electron chi connectivity index (χ1n) is 29.1. The molecule has 1 amide bonds. The molecule has 440 valence electrons. The molecule has 0 bridgehead atoms. The Morgan fingerprint density at radius 1 is 0.474 bits per heavy atom. The molecule has 0 aliphatic carbocycles. The number of hydrogen-bond donors (Lipinski definition) is 9. The summed E-state index contributed by atoms with van der Waals surface area (Å²) < 4.78 is 22.5. The molecule has 0 saturated carbocycles. The van der Waals surface area contributed by atoms with E-state index in [0.717, 1.165) is 122 Å². The second-order valence-corrected chi connectivity index (χ2v) is 19.7. The summed E-state index contributed by atoms with van der Waals surface area (Å²) in [6, 6.07) is -0.848. The van der Waals surface area contributed by atoms with Crippen LogP contribution in [0.3, 0.4) is 0 Å². The highest BCUT2D eigenvalue weighted by molar-refractivity contribution is 5.76. The zero-order valence-electron chi connectivity index (χ0n) is 47.1. The van der Waals surface area contributed by atoms with Crippen molar-refractivity contribution < 1.29 is 64.6 Å². The van der Waals surface area contributed by atoms with E-state index in [2.05, 4.69) is 158 Å². The number of rotatable bonds is 43. The minimum absolute atomic E-state index is 0.251. The van der Waals surface area contributed by atoms with Crippen LogP contribution in [-0.2, 0) is 23.7 Å². The van der Waals surface area contributed by atoms with E-state index in [1.165, 1.54) is 0 Å². The van der Waals surface area contributed by atoms with Gasteiger partial charge in [0.1, 0.15) is 48.8 Å². The number of aliphatic hydroxyl groups excluding tert-OH is 8. The summed E-state index contributed by atoms with van der Waals surface area (Å²) in [6.45, 7) is 2.50. The van der Waals surface area contributed by atoms with E-state index in [1.54, 1.807) is 0 Å². The Labute approximate surface area is 468 Å². The molecule has 14 nitrogen and oxygen atoms in total. The molecule has 12 atom stereocenters. The molecule has 12 unspecified atom stereocenters. The van der Waals surface area contributed by atoms with Gasteiger partial charge in [0.25, 0.3) is 0 Å². The fourth-order valence-electron chi connectivity index (χ4n) is 8.39. The monoisotopic (exact) mass is 1090 g/mol. The first kappa shape index (κ1) is 70.0. The molecule has 9 N–H and O–H groups in total. The van der Waals surface area contributed by atoms with Gasteiger partial charge in [-0.25, -0.2) is 0 Å². The van der Waals surface area contributed by atoms with Gasteiger partial charge in [0.15, 0.2) is 12.6 Å². The van der Waals surface area contributed by atoms with E-state index < -0.39 is 86.8 Å². The standard InChI is InChI=1S/C64H101NO13/c1-3-5-7-8-9-10-11-12-13-14-15-16-17-18-19-20-21-22-23-24-25-26-27-28-29-30-31-32-33-34-35-36-37-38-39-40-41-42-43-44-46-48-56(69)65-52(53(68)47-45-6-4-2)51-75-63-61(74)59(72)62(55(50-67)77-63)78-64-60(73)58(71)57(70)54(49-66)76-64/h5,7,9-10,12-13,15-16,18-19,21-22,24-25,27-28,30-31,33-34,36-37,39-40,52-55,57-64,66-68,70-74H,3-4,6,8,11,14,17,20,23,26,29,32,35,38,41-51H2,1-2H3,(H,65,69)/b7-5-,10-9-,13-12-,16-15-,19-18-,22-21-,25-24-,28-27-,31-30-,34-33-,37-36-,40-39-. The maximum atomic E-state index is 13.0. The lowest BCUT2D eigenvalue weighted by Crippen LogP contribution is -2.65. The number of hydrogen-bond acceptors (Lipinski definition) is 13. The van der Waals surface area contributed by atoms with Crippen molar-refractivity contribution in [3.8, 4) is 0 Å². The number of amides is 1. The predicted molar refractivity (Wildman–Crippen MR) is 313 cm³/mol. The normalized spacial score (nSPS) is 25.7. The predicted octanol–water partition coefficient (Wildman–Crippen LogP) is 9.77. The lowest BCUT2D eigenvalue weighted by molar-refractivity contribution is -0.359. The van der Waals surface area contributed by atoms with Crippen LogP contribution in [0.5, 0.6) is 0 Å². The number of aliphatic hydroxyl groups is 8. The summed E-state index contributed by atoms with van der Waals surface area (Å²) in [4.78, 5) is 13.0. The Kier molecular flexibility index (Phi) is 42.8. The second-order valence-electron chi connectivity index (χ2n) is 19.7. The molecule has 0 aromatic carbocycles. The Morgan fingerprint density at radius 3 is 1.32 bits per heavy atom. The van der Waals surface area contributed by atoms with Gasteiger partial charge in [-0.1, -0.05) is 192 Å². The maximum absolute atomic E-state index is 13.0. The molecule has 0 aromatic heterocycles. The summed E-state index contributed by atoms with van der Waals surface area (Å²) in [5.74, 6) is -0.251. The van der Waals surface area contributed by atoms with Crippen molar-refractivity contribution in [3.63, 3.8) is 0 Å². The van der Waals surface area contributed by atoms with Gasteiger partial charge in [0, 0.05) is 6.42 Å². The summed E-state index contributed by atoms with van der Waals surface area (Å²) >= 11 is 0. The van der Waals surface area contributed by atoms with E-state index in [-0.39, 0.29) is 18.9 Å². The van der Waals surface area contributed by atoms with Gasteiger partial charge in [-0.2, -0.15) is 0 Å². The molecule has 2 heterocycles. The molecular formula is C64H101NO13. The van der Waals surface area contributed by atoms with Crippen molar-refractivity contribution in [1.29, 1.82) is 0 Å². The summed E-state index contributed by atoms with van der Waals surface area (Å²) in [7, 11) is 0. The number of nitrogens with one attached hydrogen (secondary N) is 1. The van der Waals surface area contributed by atoms with Crippen molar-refractivity contribution >= 4 is 5.91 Å². The highest BCUT2D eigenvalue weighted by Crippen LogP contribution is 2.30. The average molecular weight is 1090 g/mol. The van der Waals surface area contributed by atoms with E-state index >= 15 is 0 Å². The number of carbonyl (C=O) groups is 1. The molecule has 2 rings (SSSR count). The van der Waals surface area contributed by atoms with Gasteiger partial charge in [0.2, 0.25) is 5.91 Å². The summed E-state index contributed by atoms with van der Waals surface area (Å²) in [6.07, 6.45) is 55.6. The highest BCUT2D eigenvalue weighted by atomic mass is 16.7. The lowest BCUT2D eigenvalue weighted by atomic mass is 9.97. The maximum Gasteiger partial charge on any atom is 0.220 e. The zero-order chi connectivity index (χ0) is 56.7. The average Bonchev–Trinajstić information content (AvgIpc) is 3.44. The highest BCUT2D eigenvalue weighted by Gasteiger charge is 2.51. The SMILES string of the molecule is CC/C=C\C/C=C\C/C=C\C/C=C\C/C=C\C/C=C\C/C=C\C/C=C\C/C=C\C/C=C\C/C=C\C/C=C\CCCCCCC(=O)NC(COC1OC(CO)C(OC2OC(CO)C(O)C(O)C2O)C(O)C1O)C(O)CCCCC. The van der Waals surface area contributed by atoms with Gasteiger partial charge in [0.05, 0.1) is 32.0 Å². The van der Waals surface area contributed by atoms with E-state index in [9.17, 15) is 45.6 Å². The quantitative estimate of drug-likeness (QED) is 0.0205. The van der Waals surface area contributed by atoms with Gasteiger partial charge < -0.3 is 65.1 Å². The third kappa shape index (κ3) is 32.8. The largest absolute Gasteiger partial charge is 0.394 e. The second kappa shape index (κ2) is 47.7. The summed E-state index contributed by atoms with van der Waals surface area (Å²) in [5.41, 5.74) is 0. The van der Waals surface area contributed by atoms with E-state index in [4.69, 9.17) is 18.9 Å². The first-order chi connectivity index (χ1) is 38.1. The smallest absolute Gasteiger partial charge is 0.220 e. The molecule has 2 saturated heterocycles. The Bertz CT molecular complexity index is 1860. The van der Waals surface area contributed by atoms with Crippen LogP contribution < -0.4 is 5.32 Å². The van der Waals surface area contributed by atoms with Gasteiger partial charge in [-0.3, -0.25) is 4.79 Å². The van der Waals surface area contributed by atoms with E-state index in [0.29, 0.717) is 12.8 Å². The molecule has 2 fully saturated rings. The molecule has 14 heteroatoms. The van der Waals surface area contributed by atoms with Gasteiger partial charge in [-0.05, 0) is 103 Å². The van der Waals surface area contributed by atoms with Crippen molar-refractivity contribution in [2.75, 3.05) is 19.8 Å². The van der Waals surface area contributed by atoms with Crippen LogP contribution in [0.15, 0.2) is 146 Å². The van der Waals surface area contributed by atoms with Crippen molar-refractivity contribution in [1.82, 2.24) is 5.32 Å². The Hall–Kier alpha value is -4.13. The molecule has 2 aliphatic rings. The number of carbonyl (C=O) groups excluding carboxylic acids is 1. The third-order valence-corrected chi connectivity index (χ3v) is 13.1. The van der Waals surface area contributed by atoms with Gasteiger partial charge >= 0.3 is 0 Å².